The van der Waals surface area contributed by atoms with E-state index in [1.54, 1.807) is 0 Å². The number of carbonyl (C=O) groups is 2. The minimum atomic E-state index is -10.1. The van der Waals surface area contributed by atoms with Crippen molar-refractivity contribution in [3.63, 3.8) is 0 Å². The fraction of sp³-hybridized carbons (Fsp3) is 0.462. The number of pyridine rings is 1. The largest absolute Gasteiger partial charge is 0.351 e. The van der Waals surface area contributed by atoms with E-state index in [4.69, 9.17) is 0 Å². The predicted octanol–water partition coefficient (Wildman–Crippen LogP) is 6.59. The summed E-state index contributed by atoms with van der Waals surface area (Å²) in [4.78, 5) is 31.5. The summed E-state index contributed by atoms with van der Waals surface area (Å²) in [7, 11) is -10.1. The number of anilines is 1. The molecule has 2 saturated carbocycles. The molecule has 2 aliphatic carbocycles. The van der Waals surface area contributed by atoms with Gasteiger partial charge in [-0.3, -0.25) is 24.4 Å². The Hall–Kier alpha value is -3.61. The van der Waals surface area contributed by atoms with Crippen molar-refractivity contribution >= 4 is 27.7 Å². The number of nitriles is 1. The molecule has 16 heteroatoms. The Labute approximate surface area is 235 Å². The molecule has 1 aromatic carbocycles. The zero-order valence-corrected chi connectivity index (χ0v) is 22.6. The number of amides is 2. The second kappa shape index (κ2) is 9.19. The Bertz CT molecular complexity index is 1460. The van der Waals surface area contributed by atoms with Gasteiger partial charge in [0.15, 0.2) is 6.19 Å². The maximum Gasteiger partial charge on any atom is 0.310 e. The van der Waals surface area contributed by atoms with Gasteiger partial charge in [-0.05, 0) is 61.9 Å². The number of fused-ring (bicyclic) bond motifs is 1. The molecule has 2 amide bonds. The van der Waals surface area contributed by atoms with Gasteiger partial charge in [0.1, 0.15) is 22.3 Å². The molecule has 0 bridgehead atoms. The molecule has 2 aromatic rings. The number of halogens is 8. The summed E-state index contributed by atoms with van der Waals surface area (Å²) in [5.74, 6) is -6.04. The van der Waals surface area contributed by atoms with Crippen molar-refractivity contribution < 1.29 is 42.2 Å². The number of aromatic nitrogens is 1. The van der Waals surface area contributed by atoms with E-state index in [0.717, 1.165) is 23.4 Å². The normalized spacial score (nSPS) is 25.8. The number of nitrogens with one attached hydrogen (secondary N) is 1. The average molecular weight is 624 g/mol. The molecule has 3 fully saturated rings. The number of alkyl halides is 2. The average Bonchev–Trinajstić information content (AvgIpc) is 3.52. The van der Waals surface area contributed by atoms with Crippen molar-refractivity contribution in [2.75, 3.05) is 11.4 Å². The maximum absolute atomic E-state index is 14.3. The highest BCUT2D eigenvalue weighted by Gasteiger charge is 2.69. The van der Waals surface area contributed by atoms with Crippen molar-refractivity contribution in [1.29, 1.82) is 5.26 Å². The first kappa shape index (κ1) is 29.9. The molecule has 3 atom stereocenters. The lowest BCUT2D eigenvalue weighted by Crippen LogP contribution is -2.54. The van der Waals surface area contributed by atoms with Crippen molar-refractivity contribution in [2.45, 2.75) is 67.0 Å². The molecule has 228 valence electrons. The highest BCUT2D eigenvalue weighted by molar-refractivity contribution is 8.45. The molecule has 0 spiro atoms. The zero-order valence-electron chi connectivity index (χ0n) is 21.8. The van der Waals surface area contributed by atoms with Gasteiger partial charge in [-0.1, -0.05) is 19.4 Å². The molecule has 1 aromatic heterocycles. The molecule has 1 aliphatic heterocycles. The second-order valence-electron chi connectivity index (χ2n) is 11.0. The smallest absolute Gasteiger partial charge is 0.310 e. The second-order valence-corrected chi connectivity index (χ2v) is 13.4. The van der Waals surface area contributed by atoms with E-state index in [2.05, 4.69) is 10.3 Å². The minimum absolute atomic E-state index is 0.0813. The standard InChI is InChI=1S/C26H25F8N5O2S/c27-18-11-16(13-36-14-18)22(23(40)37-19-5-8-25(28,29)9-6-19)39(24(41)26-12-17(26)7-10-38(26)15-35)20-1-3-21(4-2-20)42(30,31,32,33)34/h1-4,11,13-14,17,19,22H,5-10,12H2,(H,37,40)/t17-,22?,26+/m0/s1. The number of rotatable bonds is 7. The van der Waals surface area contributed by atoms with Crippen LogP contribution in [0.5, 0.6) is 0 Å². The van der Waals surface area contributed by atoms with Gasteiger partial charge >= 0.3 is 10.2 Å². The van der Waals surface area contributed by atoms with Crippen LogP contribution in [-0.2, 0) is 9.59 Å². The lowest BCUT2D eigenvalue weighted by Gasteiger charge is -2.41. The van der Waals surface area contributed by atoms with Crippen molar-refractivity contribution in [3.8, 4) is 6.19 Å². The maximum atomic E-state index is 14.3. The van der Waals surface area contributed by atoms with Crippen LogP contribution in [0.4, 0.5) is 38.3 Å². The van der Waals surface area contributed by atoms with Crippen LogP contribution in [0.3, 0.4) is 0 Å². The highest BCUT2D eigenvalue weighted by atomic mass is 32.5. The molecule has 1 unspecified atom stereocenters. The Morgan fingerprint density at radius 3 is 2.26 bits per heavy atom. The highest BCUT2D eigenvalue weighted by Crippen LogP contribution is 3.02. The summed E-state index contributed by atoms with van der Waals surface area (Å²) >= 11 is 0. The van der Waals surface area contributed by atoms with Gasteiger partial charge in [0, 0.05) is 42.9 Å². The van der Waals surface area contributed by atoms with E-state index in [0.29, 0.717) is 18.6 Å². The van der Waals surface area contributed by atoms with Crippen LogP contribution in [-0.4, -0.2) is 45.7 Å². The fourth-order valence-electron chi connectivity index (χ4n) is 5.91. The molecule has 0 radical (unpaired) electrons. The van der Waals surface area contributed by atoms with Crippen LogP contribution in [0, 0.1) is 23.2 Å². The Balaban J connectivity index is 1.61. The van der Waals surface area contributed by atoms with Gasteiger partial charge in [0.25, 0.3) is 5.91 Å². The van der Waals surface area contributed by atoms with E-state index in [1.807, 2.05) is 6.19 Å². The van der Waals surface area contributed by atoms with Crippen molar-refractivity contribution in [1.82, 2.24) is 15.2 Å². The number of hydrogen-bond donors (Lipinski definition) is 1. The molecule has 42 heavy (non-hydrogen) atoms. The monoisotopic (exact) mass is 623 g/mol. The van der Waals surface area contributed by atoms with E-state index in [-0.39, 0.29) is 49.4 Å². The van der Waals surface area contributed by atoms with Gasteiger partial charge < -0.3 is 5.32 Å². The van der Waals surface area contributed by atoms with Gasteiger partial charge in [-0.25, -0.2) is 13.2 Å². The number of nitrogens with zero attached hydrogens (tertiary/aromatic N) is 4. The number of likely N-dealkylation sites (tertiary alicyclic amines) is 1. The first-order valence-corrected chi connectivity index (χ1v) is 14.9. The third-order valence-corrected chi connectivity index (χ3v) is 9.30. The Morgan fingerprint density at radius 2 is 1.71 bits per heavy atom. The predicted molar refractivity (Wildman–Crippen MR) is 135 cm³/mol. The summed E-state index contributed by atoms with van der Waals surface area (Å²) in [6.45, 7) is 0.193. The van der Waals surface area contributed by atoms with Gasteiger partial charge in [0.05, 0.1) is 6.20 Å². The molecule has 1 saturated heterocycles. The molecule has 1 N–H and O–H groups in total. The lowest BCUT2D eigenvalue weighted by atomic mass is 9.91. The van der Waals surface area contributed by atoms with Gasteiger partial charge in [-0.2, -0.15) is 5.26 Å². The summed E-state index contributed by atoms with van der Waals surface area (Å²) in [5.41, 5.74) is -2.07. The van der Waals surface area contributed by atoms with Crippen LogP contribution in [0.15, 0.2) is 47.6 Å². The molecule has 7 nitrogen and oxygen atoms in total. The first-order valence-electron chi connectivity index (χ1n) is 13.0. The number of hydrogen-bond acceptors (Lipinski definition) is 5. The number of benzene rings is 1. The molecule has 2 heterocycles. The first-order chi connectivity index (χ1) is 19.3. The third kappa shape index (κ3) is 5.58. The Morgan fingerprint density at radius 1 is 1.07 bits per heavy atom. The Kier molecular flexibility index (Phi) is 6.54. The van der Waals surface area contributed by atoms with E-state index in [9.17, 15) is 47.5 Å². The number of piperidine rings is 1. The summed E-state index contributed by atoms with van der Waals surface area (Å²) in [6, 6.07) is -0.337. The quantitative estimate of drug-likeness (QED) is 0.278. The topological polar surface area (TPSA) is 89.3 Å². The van der Waals surface area contributed by atoms with Crippen molar-refractivity contribution in [2.24, 2.45) is 5.92 Å². The number of carbonyl (C=O) groups excluding carboxylic acids is 2. The molecular formula is C26H25F8N5O2S. The zero-order chi connectivity index (χ0) is 30.8. The lowest BCUT2D eigenvalue weighted by molar-refractivity contribution is -0.130. The van der Waals surface area contributed by atoms with E-state index in [1.165, 1.54) is 4.90 Å². The third-order valence-electron chi connectivity index (χ3n) is 8.14. The summed E-state index contributed by atoms with van der Waals surface area (Å²) in [5, 5.41) is 12.3. The van der Waals surface area contributed by atoms with E-state index >= 15 is 0 Å². The van der Waals surface area contributed by atoms with Crippen LogP contribution in [0.1, 0.15) is 50.1 Å². The fourth-order valence-corrected chi connectivity index (χ4v) is 6.56. The SMILES string of the molecule is N#CN1CC[C@H]2C[C@]21C(=O)N(c1ccc(S(F)(F)(F)(F)F)cc1)C(C(=O)NC1CCC(F)(F)CC1)c1cncc(F)c1. The minimum Gasteiger partial charge on any atom is -0.351 e. The van der Waals surface area contributed by atoms with Crippen LogP contribution < -0.4 is 10.2 Å². The van der Waals surface area contributed by atoms with Crippen LogP contribution >= 0.6 is 10.2 Å². The molecular weight excluding hydrogens is 598 g/mol. The molecule has 5 rings (SSSR count). The van der Waals surface area contributed by atoms with Gasteiger partial charge in [-0.15, -0.1) is 0 Å². The van der Waals surface area contributed by atoms with Crippen molar-refractivity contribution in [3.05, 3.63) is 54.1 Å². The summed E-state index contributed by atoms with van der Waals surface area (Å²) in [6.07, 6.45) is 3.11. The van der Waals surface area contributed by atoms with Gasteiger partial charge in [0.2, 0.25) is 11.8 Å². The van der Waals surface area contributed by atoms with Crippen LogP contribution in [0.25, 0.3) is 0 Å². The summed E-state index contributed by atoms with van der Waals surface area (Å²) < 4.78 is 109. The molecule has 3 aliphatic rings. The van der Waals surface area contributed by atoms with E-state index < -0.39 is 74.8 Å². The van der Waals surface area contributed by atoms with Crippen LogP contribution in [0.2, 0.25) is 0 Å².